The van der Waals surface area contributed by atoms with Crippen molar-refractivity contribution in [2.45, 2.75) is 63.6 Å². The highest BCUT2D eigenvalue weighted by Crippen LogP contribution is 2.52. The Morgan fingerprint density at radius 3 is 2.78 bits per heavy atom. The van der Waals surface area contributed by atoms with Gasteiger partial charge in [-0.25, -0.2) is 0 Å². The van der Waals surface area contributed by atoms with Crippen molar-refractivity contribution in [1.82, 2.24) is 10.2 Å². The number of rotatable bonds is 1. The lowest BCUT2D eigenvalue weighted by atomic mass is 9.58. The lowest BCUT2D eigenvalue weighted by molar-refractivity contribution is -0.146. The van der Waals surface area contributed by atoms with E-state index in [0.717, 1.165) is 56.3 Å². The van der Waals surface area contributed by atoms with E-state index in [2.05, 4.69) is 22.5 Å². The minimum atomic E-state index is -0.376. The third kappa shape index (κ3) is 2.66. The molecule has 27 heavy (non-hydrogen) atoms. The first-order chi connectivity index (χ1) is 13.1. The summed E-state index contributed by atoms with van der Waals surface area (Å²) in [6.45, 7) is 3.11. The Kier molecular flexibility index (Phi) is 3.95. The Morgan fingerprint density at radius 2 is 2.00 bits per heavy atom. The summed E-state index contributed by atoms with van der Waals surface area (Å²) in [5.41, 5.74) is 1.28. The monoisotopic (exact) mass is 367 g/mol. The van der Waals surface area contributed by atoms with Gasteiger partial charge in [-0.05, 0) is 69.9 Å². The van der Waals surface area contributed by atoms with Gasteiger partial charge in [0.05, 0.1) is 5.56 Å². The van der Waals surface area contributed by atoms with Crippen LogP contribution in [0.3, 0.4) is 0 Å². The molecule has 2 bridgehead atoms. The van der Waals surface area contributed by atoms with Crippen LogP contribution in [0.4, 0.5) is 5.69 Å². The zero-order valence-electron chi connectivity index (χ0n) is 16.0. The summed E-state index contributed by atoms with van der Waals surface area (Å²) in [6, 6.07) is 8.12. The van der Waals surface area contributed by atoms with Crippen molar-refractivity contribution in [3.63, 3.8) is 0 Å². The summed E-state index contributed by atoms with van der Waals surface area (Å²) in [4.78, 5) is 28.2. The van der Waals surface area contributed by atoms with Crippen LogP contribution in [0.25, 0.3) is 0 Å². The molecule has 2 amide bonds. The average Bonchev–Trinajstić information content (AvgIpc) is 2.68. The number of amides is 2. The van der Waals surface area contributed by atoms with Crippen molar-refractivity contribution in [1.29, 1.82) is 0 Å². The number of nitrogens with zero attached hydrogens (tertiary/aromatic N) is 1. The second-order valence-corrected chi connectivity index (χ2v) is 9.05. The molecule has 0 radical (unpaired) electrons. The zero-order chi connectivity index (χ0) is 18.6. The van der Waals surface area contributed by atoms with Crippen molar-refractivity contribution in [3.8, 4) is 0 Å². The van der Waals surface area contributed by atoms with Gasteiger partial charge in [-0.3, -0.25) is 9.59 Å². The van der Waals surface area contributed by atoms with Crippen LogP contribution in [0, 0.1) is 17.8 Å². The maximum atomic E-state index is 13.3. The minimum absolute atomic E-state index is 0.0180. The number of hydrogen-bond donors (Lipinski definition) is 2. The molecule has 2 N–H and O–H groups in total. The normalized spacial score (nSPS) is 37.5. The quantitative estimate of drug-likeness (QED) is 0.800. The highest BCUT2D eigenvalue weighted by Gasteiger charge is 2.55. The van der Waals surface area contributed by atoms with Gasteiger partial charge in [0.15, 0.2) is 0 Å². The highest BCUT2D eigenvalue weighted by atomic mass is 16.2. The Bertz CT molecular complexity index is 779. The highest BCUT2D eigenvalue weighted by molar-refractivity contribution is 6.02. The number of nitrogens with one attached hydrogen (secondary N) is 2. The standard InChI is InChI=1S/C22H29N3O2/c1-14-6-4-5-11-25(14)21(27)18-12-16-10-9-15(18)13-22(16)23-19-8-3-2-7-17(19)20(26)24-22/h2-3,7-8,14-16,18,23H,4-6,9-13H2,1H3,(H,24,26)/t14-,15-,16+,18+,22-/m1/s1. The van der Waals surface area contributed by atoms with E-state index in [9.17, 15) is 9.59 Å². The van der Waals surface area contributed by atoms with Gasteiger partial charge in [0.1, 0.15) is 5.66 Å². The van der Waals surface area contributed by atoms with Gasteiger partial charge in [-0.2, -0.15) is 0 Å². The zero-order valence-corrected chi connectivity index (χ0v) is 16.0. The molecule has 2 aliphatic heterocycles. The fourth-order valence-corrected chi connectivity index (χ4v) is 6.08. The van der Waals surface area contributed by atoms with Crippen LogP contribution in [0.1, 0.15) is 62.2 Å². The van der Waals surface area contributed by atoms with Crippen LogP contribution in [0.5, 0.6) is 0 Å². The molecule has 0 aromatic heterocycles. The molecule has 1 aromatic rings. The molecular weight excluding hydrogens is 338 g/mol. The summed E-state index contributed by atoms with van der Waals surface area (Å²) in [5, 5.41) is 6.96. The van der Waals surface area contributed by atoms with Gasteiger partial charge >= 0.3 is 0 Å². The summed E-state index contributed by atoms with van der Waals surface area (Å²) in [6.07, 6.45) is 7.43. The van der Waals surface area contributed by atoms with Crippen LogP contribution in [-0.2, 0) is 4.79 Å². The molecule has 3 saturated carbocycles. The van der Waals surface area contributed by atoms with Crippen LogP contribution in [0.15, 0.2) is 24.3 Å². The van der Waals surface area contributed by atoms with E-state index in [-0.39, 0.29) is 17.5 Å². The molecule has 5 aliphatic rings. The van der Waals surface area contributed by atoms with Crippen LogP contribution in [0.2, 0.25) is 0 Å². The Labute approximate surface area is 160 Å². The SMILES string of the molecule is C[C@@H]1CCCCN1C(=O)[C@H]1C[C@@H]2CC[C@@H]1C[C@@]21NC(=O)c2ccccc2N1. The van der Waals surface area contributed by atoms with Gasteiger partial charge in [0, 0.05) is 30.1 Å². The Balaban J connectivity index is 1.38. The molecule has 1 saturated heterocycles. The average molecular weight is 367 g/mol. The third-order valence-corrected chi connectivity index (χ3v) is 7.54. The molecule has 1 aromatic carbocycles. The topological polar surface area (TPSA) is 61.4 Å². The number of likely N-dealkylation sites (tertiary alicyclic amines) is 1. The predicted molar refractivity (Wildman–Crippen MR) is 104 cm³/mol. The largest absolute Gasteiger partial charge is 0.362 e. The number of fused-ring (bicyclic) bond motifs is 3. The van der Waals surface area contributed by atoms with E-state index in [4.69, 9.17) is 0 Å². The number of carbonyl (C=O) groups excluding carboxylic acids is 2. The molecular formula is C22H29N3O2. The van der Waals surface area contributed by atoms with Gasteiger partial charge in [0.2, 0.25) is 5.91 Å². The molecule has 0 unspecified atom stereocenters. The number of benzene rings is 1. The Hall–Kier alpha value is -2.04. The van der Waals surface area contributed by atoms with Gasteiger partial charge in [-0.1, -0.05) is 12.1 Å². The van der Waals surface area contributed by atoms with Crippen LogP contribution < -0.4 is 10.6 Å². The molecule has 2 heterocycles. The fourth-order valence-electron chi connectivity index (χ4n) is 6.08. The molecule has 144 valence electrons. The molecule has 5 nitrogen and oxygen atoms in total. The maximum absolute atomic E-state index is 13.3. The maximum Gasteiger partial charge on any atom is 0.255 e. The van der Waals surface area contributed by atoms with E-state index in [1.165, 1.54) is 6.42 Å². The summed E-state index contributed by atoms with van der Waals surface area (Å²) < 4.78 is 0. The van der Waals surface area contributed by atoms with E-state index < -0.39 is 0 Å². The number of hydrogen-bond acceptors (Lipinski definition) is 3. The number of anilines is 1. The van der Waals surface area contributed by atoms with Gasteiger partial charge in [-0.15, -0.1) is 0 Å². The molecule has 6 rings (SSSR count). The third-order valence-electron chi connectivity index (χ3n) is 7.54. The number of carbonyl (C=O) groups is 2. The van der Waals surface area contributed by atoms with E-state index >= 15 is 0 Å². The molecule has 4 fully saturated rings. The lowest BCUT2D eigenvalue weighted by Crippen LogP contribution is -2.68. The molecule has 5 atom stereocenters. The van der Waals surface area contributed by atoms with E-state index in [1.54, 1.807) is 0 Å². The van der Waals surface area contributed by atoms with E-state index in [1.807, 2.05) is 24.3 Å². The molecule has 1 spiro atoms. The number of para-hydroxylation sites is 1. The fraction of sp³-hybridized carbons (Fsp3) is 0.636. The van der Waals surface area contributed by atoms with Crippen molar-refractivity contribution in [2.24, 2.45) is 17.8 Å². The first-order valence-electron chi connectivity index (χ1n) is 10.6. The molecule has 3 aliphatic carbocycles. The van der Waals surface area contributed by atoms with Crippen LogP contribution in [-0.4, -0.2) is 35.0 Å². The summed E-state index contributed by atoms with van der Waals surface area (Å²) in [5.74, 6) is 1.19. The summed E-state index contributed by atoms with van der Waals surface area (Å²) in [7, 11) is 0. The number of piperidine rings is 1. The lowest BCUT2D eigenvalue weighted by Gasteiger charge is -2.57. The van der Waals surface area contributed by atoms with Crippen molar-refractivity contribution in [2.75, 3.05) is 11.9 Å². The second-order valence-electron chi connectivity index (χ2n) is 9.05. The van der Waals surface area contributed by atoms with E-state index in [0.29, 0.717) is 23.8 Å². The Morgan fingerprint density at radius 1 is 1.15 bits per heavy atom. The van der Waals surface area contributed by atoms with Crippen LogP contribution >= 0.6 is 0 Å². The molecule has 5 heteroatoms. The first-order valence-corrected chi connectivity index (χ1v) is 10.6. The second kappa shape index (κ2) is 6.25. The van der Waals surface area contributed by atoms with Gasteiger partial charge < -0.3 is 15.5 Å². The first kappa shape index (κ1) is 17.1. The predicted octanol–water partition coefficient (Wildman–Crippen LogP) is 3.38. The van der Waals surface area contributed by atoms with Crippen molar-refractivity contribution < 1.29 is 9.59 Å². The minimum Gasteiger partial charge on any atom is -0.362 e. The van der Waals surface area contributed by atoms with Crippen molar-refractivity contribution >= 4 is 17.5 Å². The van der Waals surface area contributed by atoms with Crippen molar-refractivity contribution in [3.05, 3.63) is 29.8 Å². The van der Waals surface area contributed by atoms with Gasteiger partial charge in [0.25, 0.3) is 5.91 Å². The smallest absolute Gasteiger partial charge is 0.255 e. The summed E-state index contributed by atoms with van der Waals surface area (Å²) >= 11 is 0.